The molecule has 1 saturated carbocycles. The van der Waals surface area contributed by atoms with Crippen molar-refractivity contribution in [3.05, 3.63) is 22.4 Å². The van der Waals surface area contributed by atoms with E-state index in [2.05, 4.69) is 6.07 Å². The summed E-state index contributed by atoms with van der Waals surface area (Å²) in [7, 11) is 1.26. The molecule has 1 aliphatic carbocycles. The highest BCUT2D eigenvalue weighted by atomic mass is 32.2. The second-order valence-corrected chi connectivity index (χ2v) is 6.85. The van der Waals surface area contributed by atoms with E-state index in [-0.39, 0.29) is 11.0 Å². The third-order valence-electron chi connectivity index (χ3n) is 3.56. The number of rotatable bonds is 4. The number of methoxy groups -OCH3 is 1. The molecule has 1 aliphatic rings. The van der Waals surface area contributed by atoms with Gasteiger partial charge in [-0.1, -0.05) is 18.9 Å². The van der Waals surface area contributed by atoms with Crippen LogP contribution in [0.15, 0.2) is 17.5 Å². The molecule has 1 fully saturated rings. The lowest BCUT2D eigenvalue weighted by Crippen LogP contribution is -2.42. The van der Waals surface area contributed by atoms with Gasteiger partial charge < -0.3 is 4.74 Å². The first-order valence-electron chi connectivity index (χ1n) is 6.40. The summed E-state index contributed by atoms with van der Waals surface area (Å²) >= 11 is 2.13. The molecule has 6 heteroatoms. The molecule has 0 spiro atoms. The molecule has 4 nitrogen and oxygen atoms in total. The summed E-state index contributed by atoms with van der Waals surface area (Å²) in [5.74, 6) is -0.726. The summed E-state index contributed by atoms with van der Waals surface area (Å²) in [6.07, 6.45) is 3.54. The Bertz CT molecular complexity index is 529. The van der Waals surface area contributed by atoms with Crippen LogP contribution in [-0.4, -0.2) is 22.9 Å². The highest BCUT2D eigenvalue weighted by molar-refractivity contribution is 8.16. The fraction of sp³-hybridized carbons (Fsp3) is 0.500. The van der Waals surface area contributed by atoms with Crippen LogP contribution in [0.4, 0.5) is 0 Å². The van der Waals surface area contributed by atoms with E-state index in [0.717, 1.165) is 37.4 Å². The summed E-state index contributed by atoms with van der Waals surface area (Å²) in [4.78, 5) is 25.0. The molecule has 20 heavy (non-hydrogen) atoms. The minimum atomic E-state index is -1.41. The van der Waals surface area contributed by atoms with E-state index in [1.807, 2.05) is 0 Å². The van der Waals surface area contributed by atoms with Gasteiger partial charge in [-0.3, -0.25) is 4.79 Å². The highest BCUT2D eigenvalue weighted by Crippen LogP contribution is 2.44. The van der Waals surface area contributed by atoms with Gasteiger partial charge in [0, 0.05) is 0 Å². The van der Waals surface area contributed by atoms with Crippen molar-refractivity contribution >= 4 is 34.2 Å². The van der Waals surface area contributed by atoms with Crippen LogP contribution in [0.5, 0.6) is 0 Å². The molecule has 0 N–H and O–H groups in total. The normalized spacial score (nSPS) is 18.2. The summed E-state index contributed by atoms with van der Waals surface area (Å²) in [5, 5.41) is 11.1. The van der Waals surface area contributed by atoms with E-state index < -0.39 is 10.7 Å². The zero-order chi connectivity index (χ0) is 14.6. The Morgan fingerprint density at radius 1 is 1.50 bits per heavy atom. The molecule has 0 bridgehead atoms. The maximum atomic E-state index is 12.3. The van der Waals surface area contributed by atoms with Gasteiger partial charge in [0.25, 0.3) is 0 Å². The van der Waals surface area contributed by atoms with Crippen molar-refractivity contribution < 1.29 is 14.3 Å². The second-order valence-electron chi connectivity index (χ2n) is 4.69. The standard InChI is InChI=1S/C14H15NO3S2/c1-18-13(17)14(9-15,10-5-2-3-6-10)20-12(16)11-7-4-8-19-11/h4,7-8,10H,2-3,5-6H2,1H3/t14-/m0/s1. The molecular weight excluding hydrogens is 294 g/mol. The lowest BCUT2D eigenvalue weighted by molar-refractivity contribution is -0.143. The van der Waals surface area contributed by atoms with Gasteiger partial charge in [-0.05, 0) is 42.0 Å². The Balaban J connectivity index is 2.28. The molecule has 1 aromatic rings. The van der Waals surface area contributed by atoms with E-state index in [0.29, 0.717) is 4.88 Å². The van der Waals surface area contributed by atoms with Crippen LogP contribution >= 0.6 is 23.1 Å². The second kappa shape index (κ2) is 6.42. The highest BCUT2D eigenvalue weighted by Gasteiger charge is 2.51. The van der Waals surface area contributed by atoms with Crippen LogP contribution in [0, 0.1) is 17.2 Å². The first-order chi connectivity index (χ1) is 9.64. The number of esters is 1. The van der Waals surface area contributed by atoms with Crippen molar-refractivity contribution in [1.29, 1.82) is 5.26 Å². The molecule has 0 aliphatic heterocycles. The van der Waals surface area contributed by atoms with Crippen LogP contribution in [0.2, 0.25) is 0 Å². The van der Waals surface area contributed by atoms with Crippen LogP contribution in [-0.2, 0) is 9.53 Å². The Kier molecular flexibility index (Phi) is 4.84. The van der Waals surface area contributed by atoms with Crippen LogP contribution in [0.3, 0.4) is 0 Å². The summed E-state index contributed by atoms with van der Waals surface area (Å²) in [6, 6.07) is 5.55. The maximum absolute atomic E-state index is 12.3. The van der Waals surface area contributed by atoms with Gasteiger partial charge in [0.1, 0.15) is 0 Å². The van der Waals surface area contributed by atoms with Gasteiger partial charge in [-0.25, -0.2) is 4.79 Å². The van der Waals surface area contributed by atoms with Gasteiger partial charge in [-0.15, -0.1) is 11.3 Å². The quantitative estimate of drug-likeness (QED) is 0.799. The average molecular weight is 309 g/mol. The first kappa shape index (κ1) is 15.1. The molecule has 0 aromatic carbocycles. The molecule has 0 amide bonds. The van der Waals surface area contributed by atoms with Crippen molar-refractivity contribution in [3.8, 4) is 6.07 Å². The number of nitrogens with zero attached hydrogens (tertiary/aromatic N) is 1. The van der Waals surface area contributed by atoms with E-state index in [1.165, 1.54) is 18.4 Å². The number of carbonyl (C=O) groups excluding carboxylic acids is 2. The van der Waals surface area contributed by atoms with Crippen LogP contribution in [0.1, 0.15) is 35.4 Å². The molecular formula is C14H15NO3S2. The lowest BCUT2D eigenvalue weighted by atomic mass is 9.91. The van der Waals surface area contributed by atoms with Crippen molar-refractivity contribution in [2.24, 2.45) is 5.92 Å². The van der Waals surface area contributed by atoms with Crippen LogP contribution < -0.4 is 0 Å². The largest absolute Gasteiger partial charge is 0.467 e. The summed E-state index contributed by atoms with van der Waals surface area (Å²) in [6.45, 7) is 0. The van der Waals surface area contributed by atoms with Gasteiger partial charge in [0.2, 0.25) is 9.86 Å². The number of carbonyl (C=O) groups is 2. The zero-order valence-corrected chi connectivity index (χ0v) is 12.8. The number of hydrogen-bond acceptors (Lipinski definition) is 6. The van der Waals surface area contributed by atoms with Crippen molar-refractivity contribution in [3.63, 3.8) is 0 Å². The summed E-state index contributed by atoms with van der Waals surface area (Å²) < 4.78 is 3.40. The minimum Gasteiger partial charge on any atom is -0.467 e. The monoisotopic (exact) mass is 309 g/mol. The Morgan fingerprint density at radius 3 is 2.70 bits per heavy atom. The predicted octanol–water partition coefficient (Wildman–Crippen LogP) is 3.25. The van der Waals surface area contributed by atoms with E-state index in [1.54, 1.807) is 17.5 Å². The van der Waals surface area contributed by atoms with E-state index in [4.69, 9.17) is 4.74 Å². The smallest absolute Gasteiger partial charge is 0.337 e. The van der Waals surface area contributed by atoms with Crippen molar-refractivity contribution in [2.75, 3.05) is 7.11 Å². The Labute approximate surface area is 126 Å². The van der Waals surface area contributed by atoms with Crippen LogP contribution in [0.25, 0.3) is 0 Å². The maximum Gasteiger partial charge on any atom is 0.337 e. The number of thiophene rings is 1. The number of ether oxygens (including phenoxy) is 1. The minimum absolute atomic E-state index is 0.117. The average Bonchev–Trinajstić information content (AvgIpc) is 3.15. The topological polar surface area (TPSA) is 67.2 Å². The predicted molar refractivity (Wildman–Crippen MR) is 78.6 cm³/mol. The lowest BCUT2D eigenvalue weighted by Gasteiger charge is -2.28. The fourth-order valence-electron chi connectivity index (χ4n) is 2.53. The molecule has 1 atom stereocenters. The van der Waals surface area contributed by atoms with Crippen molar-refractivity contribution in [1.82, 2.24) is 0 Å². The van der Waals surface area contributed by atoms with E-state index >= 15 is 0 Å². The third kappa shape index (κ3) is 2.74. The number of nitriles is 1. The van der Waals surface area contributed by atoms with Crippen molar-refractivity contribution in [2.45, 2.75) is 30.4 Å². The van der Waals surface area contributed by atoms with Gasteiger partial charge in [-0.2, -0.15) is 5.26 Å². The SMILES string of the molecule is COC(=O)[C@@](C#N)(SC(=O)c1cccs1)C1CCCC1. The van der Waals surface area contributed by atoms with Gasteiger partial charge in [0.05, 0.1) is 18.1 Å². The first-order valence-corrected chi connectivity index (χ1v) is 8.10. The van der Waals surface area contributed by atoms with E-state index in [9.17, 15) is 14.9 Å². The molecule has 1 aromatic heterocycles. The molecule has 1 heterocycles. The Morgan fingerprint density at radius 2 is 2.20 bits per heavy atom. The number of thioether (sulfide) groups is 1. The summed E-state index contributed by atoms with van der Waals surface area (Å²) in [5.41, 5.74) is 0. The number of hydrogen-bond donors (Lipinski definition) is 0. The Hall–Kier alpha value is -1.32. The molecule has 0 saturated heterocycles. The molecule has 0 radical (unpaired) electrons. The van der Waals surface area contributed by atoms with Gasteiger partial charge >= 0.3 is 5.97 Å². The molecule has 2 rings (SSSR count). The molecule has 106 valence electrons. The zero-order valence-electron chi connectivity index (χ0n) is 11.1. The third-order valence-corrected chi connectivity index (χ3v) is 5.88. The fourth-order valence-corrected chi connectivity index (χ4v) is 4.43. The molecule has 0 unspecified atom stereocenters. The van der Waals surface area contributed by atoms with Gasteiger partial charge in [0.15, 0.2) is 0 Å².